The summed E-state index contributed by atoms with van der Waals surface area (Å²) in [6.07, 6.45) is 2.29. The van der Waals surface area contributed by atoms with Crippen molar-refractivity contribution in [1.82, 2.24) is 5.32 Å². The molecule has 0 bridgehead atoms. The second kappa shape index (κ2) is 4.78. The van der Waals surface area contributed by atoms with Crippen molar-refractivity contribution in [3.8, 4) is 11.5 Å². The first-order valence-corrected chi connectivity index (χ1v) is 6.49. The van der Waals surface area contributed by atoms with Gasteiger partial charge >= 0.3 is 0 Å². The van der Waals surface area contributed by atoms with Crippen molar-refractivity contribution in [2.24, 2.45) is 0 Å². The van der Waals surface area contributed by atoms with E-state index in [-0.39, 0.29) is 5.60 Å². The summed E-state index contributed by atoms with van der Waals surface area (Å²) in [7, 11) is 0. The fourth-order valence-electron chi connectivity index (χ4n) is 2.57. The van der Waals surface area contributed by atoms with Gasteiger partial charge in [-0.25, -0.2) is 0 Å². The van der Waals surface area contributed by atoms with Gasteiger partial charge in [-0.1, -0.05) is 12.1 Å². The van der Waals surface area contributed by atoms with E-state index in [0.717, 1.165) is 49.6 Å². The van der Waals surface area contributed by atoms with Gasteiger partial charge in [-0.2, -0.15) is 0 Å². The highest BCUT2D eigenvalue weighted by Gasteiger charge is 2.29. The molecule has 3 rings (SSSR count). The molecule has 0 amide bonds. The number of hydrogen-bond donors (Lipinski definition) is 1. The molecule has 2 aliphatic heterocycles. The molecule has 1 atom stereocenters. The van der Waals surface area contributed by atoms with Gasteiger partial charge in [0, 0.05) is 25.3 Å². The van der Waals surface area contributed by atoms with Gasteiger partial charge in [-0.3, -0.25) is 0 Å². The average Bonchev–Trinajstić information content (AvgIpc) is 2.98. The summed E-state index contributed by atoms with van der Waals surface area (Å²) in [6.45, 7) is 5.04. The van der Waals surface area contributed by atoms with Crippen molar-refractivity contribution in [3.63, 3.8) is 0 Å². The zero-order valence-electron chi connectivity index (χ0n) is 10.7. The maximum Gasteiger partial charge on any atom is 0.231 e. The minimum Gasteiger partial charge on any atom is -0.454 e. The summed E-state index contributed by atoms with van der Waals surface area (Å²) >= 11 is 0. The van der Waals surface area contributed by atoms with Gasteiger partial charge in [-0.05, 0) is 25.8 Å². The van der Waals surface area contributed by atoms with Crippen LogP contribution in [0.25, 0.3) is 0 Å². The number of benzene rings is 1. The molecular weight excluding hydrogens is 230 g/mol. The average molecular weight is 249 g/mol. The minimum atomic E-state index is -0.00465. The van der Waals surface area contributed by atoms with Gasteiger partial charge in [0.25, 0.3) is 0 Å². The highest BCUT2D eigenvalue weighted by molar-refractivity contribution is 5.48. The summed E-state index contributed by atoms with van der Waals surface area (Å²) in [5.74, 6) is 1.72. The molecule has 0 spiro atoms. The van der Waals surface area contributed by atoms with E-state index in [2.05, 4.69) is 18.3 Å². The maximum absolute atomic E-state index is 5.75. The van der Waals surface area contributed by atoms with Crippen LogP contribution in [0.1, 0.15) is 25.3 Å². The van der Waals surface area contributed by atoms with Crippen LogP contribution < -0.4 is 14.8 Å². The van der Waals surface area contributed by atoms with Gasteiger partial charge in [-0.15, -0.1) is 0 Å². The number of rotatable bonds is 4. The van der Waals surface area contributed by atoms with Crippen molar-refractivity contribution in [2.45, 2.75) is 31.9 Å². The maximum atomic E-state index is 5.75. The van der Waals surface area contributed by atoms with Gasteiger partial charge in [0.1, 0.15) is 0 Å². The van der Waals surface area contributed by atoms with Gasteiger partial charge in [0.05, 0.1) is 5.60 Å². The quantitative estimate of drug-likeness (QED) is 0.886. The van der Waals surface area contributed by atoms with E-state index in [4.69, 9.17) is 14.2 Å². The SMILES string of the molecule is CC1(CNCc2cccc3c2OCO3)CCCO1. The lowest BCUT2D eigenvalue weighted by molar-refractivity contribution is 0.0206. The van der Waals surface area contributed by atoms with E-state index < -0.39 is 0 Å². The number of para-hydroxylation sites is 1. The monoisotopic (exact) mass is 249 g/mol. The zero-order valence-corrected chi connectivity index (χ0v) is 10.7. The normalized spacial score (nSPS) is 25.6. The fourth-order valence-corrected chi connectivity index (χ4v) is 2.57. The van der Waals surface area contributed by atoms with Crippen molar-refractivity contribution < 1.29 is 14.2 Å². The summed E-state index contributed by atoms with van der Waals surface area (Å²) < 4.78 is 16.6. The fraction of sp³-hybridized carbons (Fsp3) is 0.571. The standard InChI is InChI=1S/C14H19NO3/c1-14(6-3-7-18-14)9-15-8-11-4-2-5-12-13(11)17-10-16-12/h2,4-5,15H,3,6-10H2,1H3. The van der Waals surface area contributed by atoms with Crippen LogP contribution in [-0.4, -0.2) is 25.5 Å². The molecule has 1 aromatic rings. The molecule has 1 N–H and O–H groups in total. The first-order valence-electron chi connectivity index (χ1n) is 6.49. The second-order valence-corrected chi connectivity index (χ2v) is 5.16. The van der Waals surface area contributed by atoms with Crippen molar-refractivity contribution in [1.29, 1.82) is 0 Å². The molecule has 0 aliphatic carbocycles. The summed E-state index contributed by atoms with van der Waals surface area (Å²) in [4.78, 5) is 0. The van der Waals surface area contributed by atoms with Crippen molar-refractivity contribution >= 4 is 0 Å². The summed E-state index contributed by atoms with van der Waals surface area (Å²) in [5, 5.41) is 3.45. The van der Waals surface area contributed by atoms with Gasteiger partial charge in [0.15, 0.2) is 11.5 Å². The molecule has 98 valence electrons. The molecule has 2 heterocycles. The van der Waals surface area contributed by atoms with Crippen molar-refractivity contribution in [3.05, 3.63) is 23.8 Å². The Morgan fingerprint density at radius 1 is 1.33 bits per heavy atom. The Kier molecular flexibility index (Phi) is 3.14. The van der Waals surface area contributed by atoms with Crippen LogP contribution in [0.3, 0.4) is 0 Å². The molecule has 0 radical (unpaired) electrons. The van der Waals surface area contributed by atoms with E-state index in [0.29, 0.717) is 6.79 Å². The lowest BCUT2D eigenvalue weighted by Gasteiger charge is -2.23. The zero-order chi connectivity index (χ0) is 12.4. The molecule has 1 fully saturated rings. The summed E-state index contributed by atoms with van der Waals surface area (Å²) in [5.41, 5.74) is 1.14. The third-order valence-electron chi connectivity index (χ3n) is 3.59. The highest BCUT2D eigenvalue weighted by atomic mass is 16.7. The topological polar surface area (TPSA) is 39.7 Å². The van der Waals surface area contributed by atoms with E-state index in [1.54, 1.807) is 0 Å². The molecule has 4 nitrogen and oxygen atoms in total. The molecule has 0 saturated carbocycles. The smallest absolute Gasteiger partial charge is 0.231 e. The molecule has 18 heavy (non-hydrogen) atoms. The molecule has 1 saturated heterocycles. The molecular formula is C14H19NO3. The van der Waals surface area contributed by atoms with Crippen LogP contribution in [-0.2, 0) is 11.3 Å². The first-order chi connectivity index (χ1) is 8.77. The van der Waals surface area contributed by atoms with E-state index >= 15 is 0 Å². The highest BCUT2D eigenvalue weighted by Crippen LogP contribution is 2.35. The van der Waals surface area contributed by atoms with Crippen LogP contribution in [0.5, 0.6) is 11.5 Å². The number of nitrogens with one attached hydrogen (secondary N) is 1. The number of hydrogen-bond acceptors (Lipinski definition) is 4. The Bertz CT molecular complexity index is 427. The van der Waals surface area contributed by atoms with E-state index in [1.807, 2.05) is 12.1 Å². The Balaban J connectivity index is 1.59. The Labute approximate surface area is 107 Å². The molecule has 2 aliphatic rings. The largest absolute Gasteiger partial charge is 0.454 e. The minimum absolute atomic E-state index is 0.00465. The lowest BCUT2D eigenvalue weighted by atomic mass is 10.0. The lowest BCUT2D eigenvalue weighted by Crippen LogP contribution is -2.36. The van der Waals surface area contributed by atoms with Crippen LogP contribution in [0.2, 0.25) is 0 Å². The van der Waals surface area contributed by atoms with Gasteiger partial charge in [0.2, 0.25) is 6.79 Å². The molecule has 1 unspecified atom stereocenters. The third-order valence-corrected chi connectivity index (χ3v) is 3.59. The Morgan fingerprint density at radius 2 is 2.28 bits per heavy atom. The van der Waals surface area contributed by atoms with Crippen LogP contribution >= 0.6 is 0 Å². The molecule has 4 heteroatoms. The van der Waals surface area contributed by atoms with Crippen LogP contribution in [0.4, 0.5) is 0 Å². The molecule has 0 aromatic heterocycles. The Morgan fingerprint density at radius 3 is 3.11 bits per heavy atom. The van der Waals surface area contributed by atoms with Crippen LogP contribution in [0.15, 0.2) is 18.2 Å². The first kappa shape index (κ1) is 11.8. The van der Waals surface area contributed by atoms with Crippen LogP contribution in [0, 0.1) is 0 Å². The predicted molar refractivity (Wildman–Crippen MR) is 67.9 cm³/mol. The Hall–Kier alpha value is -1.26. The van der Waals surface area contributed by atoms with Crippen molar-refractivity contribution in [2.75, 3.05) is 19.9 Å². The van der Waals surface area contributed by atoms with Gasteiger partial charge < -0.3 is 19.5 Å². The van der Waals surface area contributed by atoms with E-state index in [1.165, 1.54) is 0 Å². The number of ether oxygens (including phenoxy) is 3. The number of fused-ring (bicyclic) bond motifs is 1. The second-order valence-electron chi connectivity index (χ2n) is 5.16. The third kappa shape index (κ3) is 2.31. The summed E-state index contributed by atoms with van der Waals surface area (Å²) in [6, 6.07) is 6.00. The van der Waals surface area contributed by atoms with E-state index in [9.17, 15) is 0 Å². The predicted octanol–water partition coefficient (Wildman–Crippen LogP) is 2.07. The molecule has 1 aromatic carbocycles.